The summed E-state index contributed by atoms with van der Waals surface area (Å²) in [6.07, 6.45) is 8.23. The zero-order valence-corrected chi connectivity index (χ0v) is 15.9. The van der Waals surface area contributed by atoms with Gasteiger partial charge in [-0.3, -0.25) is 4.79 Å². The van der Waals surface area contributed by atoms with Crippen LogP contribution < -0.4 is 0 Å². The Bertz CT molecular complexity index is 521. The molecular formula is C21H34O3. The number of esters is 1. The van der Waals surface area contributed by atoms with Gasteiger partial charge in [-0.15, -0.1) is 6.58 Å². The minimum atomic E-state index is -0.843. The standard InChI is InChI=1S/C21H34O3/c1-7-19(3,23)14-11-16-15(2)9-10-17-20(16,4)12-8-13-21(17,5)18(22)24-6/h7,16-17,23H,1-2,8-14H2,3-6H3/t16-,17+,19+,20+,21-/m0/s1. The highest BCUT2D eigenvalue weighted by Crippen LogP contribution is 2.62. The molecule has 136 valence electrons. The normalized spacial score (nSPS) is 38.8. The van der Waals surface area contributed by atoms with Gasteiger partial charge in [-0.25, -0.2) is 0 Å². The first-order valence-corrected chi connectivity index (χ1v) is 9.23. The van der Waals surface area contributed by atoms with Crippen molar-refractivity contribution in [3.05, 3.63) is 24.8 Å². The summed E-state index contributed by atoms with van der Waals surface area (Å²) in [4.78, 5) is 12.5. The summed E-state index contributed by atoms with van der Waals surface area (Å²) in [6, 6.07) is 0. The summed E-state index contributed by atoms with van der Waals surface area (Å²) in [6.45, 7) is 14.3. The molecule has 0 bridgehead atoms. The van der Waals surface area contributed by atoms with E-state index >= 15 is 0 Å². The van der Waals surface area contributed by atoms with Crippen molar-refractivity contribution in [3.8, 4) is 0 Å². The molecule has 2 aliphatic rings. The van der Waals surface area contributed by atoms with Gasteiger partial charge in [0.15, 0.2) is 0 Å². The molecule has 0 amide bonds. The highest BCUT2D eigenvalue weighted by atomic mass is 16.5. The highest BCUT2D eigenvalue weighted by molar-refractivity contribution is 5.77. The van der Waals surface area contributed by atoms with E-state index in [4.69, 9.17) is 4.74 Å². The van der Waals surface area contributed by atoms with E-state index in [1.807, 2.05) is 6.92 Å². The number of fused-ring (bicyclic) bond motifs is 1. The Morgan fingerprint density at radius 3 is 2.71 bits per heavy atom. The van der Waals surface area contributed by atoms with Crippen molar-refractivity contribution in [1.29, 1.82) is 0 Å². The number of ether oxygens (including phenoxy) is 1. The van der Waals surface area contributed by atoms with Crippen molar-refractivity contribution in [2.24, 2.45) is 22.7 Å². The van der Waals surface area contributed by atoms with Gasteiger partial charge in [-0.05, 0) is 69.6 Å². The molecule has 1 N–H and O–H groups in total. The van der Waals surface area contributed by atoms with Crippen molar-refractivity contribution in [2.45, 2.75) is 71.3 Å². The summed E-state index contributed by atoms with van der Waals surface area (Å²) < 4.78 is 5.17. The van der Waals surface area contributed by atoms with Crippen LogP contribution in [-0.2, 0) is 9.53 Å². The fourth-order valence-corrected chi connectivity index (χ4v) is 5.50. The third-order valence-electron chi connectivity index (χ3n) is 7.05. The fraction of sp³-hybridized carbons (Fsp3) is 0.762. The summed E-state index contributed by atoms with van der Waals surface area (Å²) in [5.41, 5.74) is 0.0852. The third kappa shape index (κ3) is 3.20. The van der Waals surface area contributed by atoms with Crippen molar-refractivity contribution in [1.82, 2.24) is 0 Å². The number of carbonyl (C=O) groups is 1. The SMILES string of the molecule is C=C[C@@](C)(O)CC[C@H]1C(=C)CC[C@@H]2[C@]1(C)CCC[C@]2(C)C(=O)OC. The molecule has 0 aromatic rings. The summed E-state index contributed by atoms with van der Waals surface area (Å²) in [5.74, 6) is 0.588. The van der Waals surface area contributed by atoms with Crippen LogP contribution in [0, 0.1) is 22.7 Å². The van der Waals surface area contributed by atoms with E-state index in [0.717, 1.165) is 38.5 Å². The molecule has 0 spiro atoms. The van der Waals surface area contributed by atoms with Crippen LogP contribution in [0.25, 0.3) is 0 Å². The van der Waals surface area contributed by atoms with E-state index in [2.05, 4.69) is 27.0 Å². The molecule has 0 radical (unpaired) electrons. The number of allylic oxidation sites excluding steroid dienone is 1. The van der Waals surface area contributed by atoms with Crippen LogP contribution in [-0.4, -0.2) is 23.8 Å². The maximum atomic E-state index is 12.5. The maximum Gasteiger partial charge on any atom is 0.311 e. The number of hydrogen-bond donors (Lipinski definition) is 1. The van der Waals surface area contributed by atoms with Gasteiger partial charge in [0.2, 0.25) is 0 Å². The summed E-state index contributed by atoms with van der Waals surface area (Å²) in [5, 5.41) is 10.3. The fourth-order valence-electron chi connectivity index (χ4n) is 5.50. The van der Waals surface area contributed by atoms with E-state index in [1.165, 1.54) is 12.7 Å². The van der Waals surface area contributed by atoms with Crippen LogP contribution in [0.2, 0.25) is 0 Å². The lowest BCUT2D eigenvalue weighted by molar-refractivity contribution is -0.168. The van der Waals surface area contributed by atoms with Gasteiger partial charge < -0.3 is 9.84 Å². The Labute approximate surface area is 147 Å². The van der Waals surface area contributed by atoms with Crippen LogP contribution in [0.5, 0.6) is 0 Å². The second kappa shape index (κ2) is 6.67. The zero-order valence-electron chi connectivity index (χ0n) is 15.9. The number of rotatable bonds is 5. The number of carbonyl (C=O) groups excluding carboxylic acids is 1. The van der Waals surface area contributed by atoms with E-state index in [0.29, 0.717) is 18.3 Å². The van der Waals surface area contributed by atoms with E-state index in [1.54, 1.807) is 6.08 Å². The highest BCUT2D eigenvalue weighted by Gasteiger charge is 2.57. The minimum absolute atomic E-state index is 0.0494. The molecule has 2 aliphatic carbocycles. The molecule has 24 heavy (non-hydrogen) atoms. The smallest absolute Gasteiger partial charge is 0.311 e. The van der Waals surface area contributed by atoms with Gasteiger partial charge in [0.1, 0.15) is 0 Å². The third-order valence-corrected chi connectivity index (χ3v) is 7.05. The molecule has 3 heteroatoms. The van der Waals surface area contributed by atoms with Gasteiger partial charge in [-0.2, -0.15) is 0 Å². The summed E-state index contributed by atoms with van der Waals surface area (Å²) in [7, 11) is 1.50. The Hall–Kier alpha value is -1.09. The van der Waals surface area contributed by atoms with E-state index in [-0.39, 0.29) is 11.4 Å². The lowest BCUT2D eigenvalue weighted by Gasteiger charge is -2.57. The van der Waals surface area contributed by atoms with Crippen LogP contribution in [0.4, 0.5) is 0 Å². The van der Waals surface area contributed by atoms with Crippen LogP contribution >= 0.6 is 0 Å². The molecule has 0 aromatic heterocycles. The molecule has 2 rings (SSSR count). The van der Waals surface area contributed by atoms with Gasteiger partial charge in [0.25, 0.3) is 0 Å². The lowest BCUT2D eigenvalue weighted by Crippen LogP contribution is -2.53. The topological polar surface area (TPSA) is 46.5 Å². The lowest BCUT2D eigenvalue weighted by atomic mass is 9.46. The van der Waals surface area contributed by atoms with E-state index < -0.39 is 11.0 Å². The Balaban J connectivity index is 2.30. The average Bonchev–Trinajstić information content (AvgIpc) is 2.53. The van der Waals surface area contributed by atoms with E-state index in [9.17, 15) is 9.90 Å². The van der Waals surface area contributed by atoms with Gasteiger partial charge in [0, 0.05) is 0 Å². The molecule has 2 fully saturated rings. The Morgan fingerprint density at radius 2 is 2.12 bits per heavy atom. The number of methoxy groups -OCH3 is 1. The molecule has 0 saturated heterocycles. The first kappa shape index (κ1) is 19.2. The summed E-state index contributed by atoms with van der Waals surface area (Å²) >= 11 is 0. The zero-order chi connectivity index (χ0) is 18.2. The van der Waals surface area contributed by atoms with Crippen LogP contribution in [0.1, 0.15) is 65.7 Å². The number of hydrogen-bond acceptors (Lipinski definition) is 3. The van der Waals surface area contributed by atoms with Crippen molar-refractivity contribution >= 4 is 5.97 Å². The Morgan fingerprint density at radius 1 is 1.46 bits per heavy atom. The molecule has 0 heterocycles. The average molecular weight is 335 g/mol. The second-order valence-electron chi connectivity index (χ2n) is 8.67. The van der Waals surface area contributed by atoms with Crippen LogP contribution in [0.3, 0.4) is 0 Å². The quantitative estimate of drug-likeness (QED) is 0.588. The van der Waals surface area contributed by atoms with Gasteiger partial charge in [-0.1, -0.05) is 31.6 Å². The predicted molar refractivity (Wildman–Crippen MR) is 97.5 cm³/mol. The minimum Gasteiger partial charge on any atom is -0.469 e. The second-order valence-corrected chi connectivity index (χ2v) is 8.67. The first-order valence-electron chi connectivity index (χ1n) is 9.23. The van der Waals surface area contributed by atoms with Crippen molar-refractivity contribution < 1.29 is 14.6 Å². The molecule has 3 nitrogen and oxygen atoms in total. The molecule has 0 aliphatic heterocycles. The largest absolute Gasteiger partial charge is 0.469 e. The number of aliphatic hydroxyl groups is 1. The first-order chi connectivity index (χ1) is 11.1. The van der Waals surface area contributed by atoms with Gasteiger partial charge >= 0.3 is 5.97 Å². The van der Waals surface area contributed by atoms with Crippen molar-refractivity contribution in [2.75, 3.05) is 7.11 Å². The predicted octanol–water partition coefficient (Wildman–Crippen LogP) is 4.66. The molecule has 0 aromatic carbocycles. The molecule has 0 unspecified atom stereocenters. The molecule has 2 saturated carbocycles. The van der Waals surface area contributed by atoms with Crippen molar-refractivity contribution in [3.63, 3.8) is 0 Å². The molecular weight excluding hydrogens is 300 g/mol. The maximum absolute atomic E-state index is 12.5. The van der Waals surface area contributed by atoms with Gasteiger partial charge in [0.05, 0.1) is 18.1 Å². The molecule has 5 atom stereocenters. The van der Waals surface area contributed by atoms with Crippen LogP contribution in [0.15, 0.2) is 24.8 Å². The Kier molecular flexibility index (Phi) is 5.34. The monoisotopic (exact) mass is 334 g/mol.